The van der Waals surface area contributed by atoms with Crippen LogP contribution in [-0.4, -0.2) is 51.6 Å². The molecule has 0 aromatic heterocycles. The Labute approximate surface area is 207 Å². The first-order chi connectivity index (χ1) is 14.8. The molecule has 188 valence electrons. The van der Waals surface area contributed by atoms with E-state index in [1.807, 2.05) is 0 Å². The third kappa shape index (κ3) is 15.9. The van der Waals surface area contributed by atoms with E-state index in [1.54, 1.807) is 0 Å². The van der Waals surface area contributed by atoms with Gasteiger partial charge in [0, 0.05) is 0 Å². The fraction of sp³-hybridized carbons (Fsp3) is 1.00. The molecular weight excluding hydrogens is 598 g/mol. The predicted molar refractivity (Wildman–Crippen MR) is 142 cm³/mol. The first kappa shape index (κ1) is 32.5. The van der Waals surface area contributed by atoms with Gasteiger partial charge in [0.15, 0.2) is 0 Å². The van der Waals surface area contributed by atoms with Crippen LogP contribution in [-0.2, 0) is 7.56 Å². The Bertz CT molecular complexity index is 350. The van der Waals surface area contributed by atoms with Crippen LogP contribution in [0.3, 0.4) is 0 Å². The van der Waals surface area contributed by atoms with Gasteiger partial charge in [-0.25, -0.2) is 0 Å². The molecule has 0 amide bonds. The van der Waals surface area contributed by atoms with Crippen molar-refractivity contribution in [3.63, 3.8) is 0 Å². The summed E-state index contributed by atoms with van der Waals surface area (Å²) in [7, 11) is 0. The first-order valence-corrected chi connectivity index (χ1v) is 26.5. The second kappa shape index (κ2) is 19.7. The topological polar surface area (TPSA) is 27.7 Å². The third-order valence-corrected chi connectivity index (χ3v) is 39.4. The minimum atomic E-state index is -3.18. The maximum atomic E-state index is 7.57. The van der Waals surface area contributed by atoms with Gasteiger partial charge < -0.3 is 0 Å². The zero-order valence-corrected chi connectivity index (χ0v) is 28.4. The van der Waals surface area contributed by atoms with Gasteiger partial charge in [-0.2, -0.15) is 0 Å². The van der Waals surface area contributed by atoms with Crippen molar-refractivity contribution < 1.29 is 7.56 Å². The zero-order valence-electron chi connectivity index (χ0n) is 22.7. The van der Waals surface area contributed by atoms with E-state index in [9.17, 15) is 0 Å². The second-order valence-electron chi connectivity index (χ2n) is 10.4. The van der Waals surface area contributed by atoms with E-state index < -0.39 is 38.4 Å². The Kier molecular flexibility index (Phi) is 20.7. The summed E-state index contributed by atoms with van der Waals surface area (Å²) in [6, 6.07) is 0. The van der Waals surface area contributed by atoms with Crippen molar-refractivity contribution in [1.82, 2.24) is 0 Å². The van der Waals surface area contributed by atoms with Crippen LogP contribution in [0.15, 0.2) is 0 Å². The molecule has 0 aliphatic heterocycles. The normalized spacial score (nSPS) is 13.0. The summed E-state index contributed by atoms with van der Waals surface area (Å²) < 4.78 is 26.4. The van der Waals surface area contributed by atoms with Crippen LogP contribution in [0.1, 0.15) is 120 Å². The first-order valence-electron chi connectivity index (χ1n) is 13.8. The monoisotopic (exact) mass is 658 g/mol. The Morgan fingerprint density at radius 3 is 1.03 bits per heavy atom. The summed E-state index contributed by atoms with van der Waals surface area (Å²) in [5.74, 6) is 1.38. The van der Waals surface area contributed by atoms with Crippen molar-refractivity contribution in [1.29, 1.82) is 0 Å². The molecule has 0 aromatic rings. The van der Waals surface area contributed by atoms with Crippen LogP contribution in [0.25, 0.3) is 0 Å². The average molecular weight is 656 g/mol. The molecule has 0 N–H and O–H groups in total. The molecule has 0 spiro atoms. The Morgan fingerprint density at radius 1 is 0.516 bits per heavy atom. The molecule has 0 heterocycles. The van der Waals surface area contributed by atoms with Crippen LogP contribution >= 0.6 is 0 Å². The van der Waals surface area contributed by atoms with Crippen LogP contribution in [0.4, 0.5) is 0 Å². The van der Waals surface area contributed by atoms with Crippen LogP contribution in [0.5, 0.6) is 0 Å². The van der Waals surface area contributed by atoms with E-state index in [0.717, 1.165) is 26.1 Å². The maximum absolute atomic E-state index is 7.57. The van der Waals surface area contributed by atoms with E-state index in [2.05, 4.69) is 55.4 Å². The molecule has 5 heteroatoms. The van der Waals surface area contributed by atoms with Crippen molar-refractivity contribution in [3.8, 4) is 0 Å². The molecule has 0 bridgehead atoms. The predicted octanol–water partition coefficient (Wildman–Crippen LogP) is 9.21. The third-order valence-electron chi connectivity index (χ3n) is 6.14. The molecule has 0 aliphatic carbocycles. The second-order valence-corrected chi connectivity index (χ2v) is 32.6. The van der Waals surface area contributed by atoms with Crippen molar-refractivity contribution in [2.45, 2.75) is 137 Å². The molecule has 0 atom stereocenters. The number of hydrogen-bond acceptors (Lipinski definition) is 3. The standard InChI is InChI=1S/2C5H11O.4C4H9.O.2Sn/c2*1-5(2)3-4-6;4*1-3-4-2;;;/h2*5H,3-4H2,1-2H3;4*1,3-4H2,2H3;;;/q2*-1;;;;;;2*+1. The molecule has 0 aromatic carbocycles. The van der Waals surface area contributed by atoms with E-state index in [-0.39, 0.29) is 0 Å². The molecule has 31 heavy (non-hydrogen) atoms. The van der Waals surface area contributed by atoms with E-state index in [0.29, 0.717) is 11.8 Å². The molecule has 3 nitrogen and oxygen atoms in total. The van der Waals surface area contributed by atoms with E-state index in [1.165, 1.54) is 69.1 Å². The van der Waals surface area contributed by atoms with Gasteiger partial charge in [-0.15, -0.1) is 0 Å². The number of rotatable bonds is 22. The van der Waals surface area contributed by atoms with Gasteiger partial charge >= 0.3 is 208 Å². The fourth-order valence-corrected chi connectivity index (χ4v) is 46.4. The number of hydrogen-bond donors (Lipinski definition) is 0. The van der Waals surface area contributed by atoms with E-state index in [4.69, 9.17) is 7.56 Å². The molecular formula is C26H58O3Sn2. The summed E-state index contributed by atoms with van der Waals surface area (Å²) in [5, 5.41) is 0. The SMILES string of the molecule is CCC[CH2][Sn]([CH2]CCC)([O]CCC(C)C)[O][Sn]([CH2]CCC)([CH2]CCC)[O]CCC(C)C. The van der Waals surface area contributed by atoms with Gasteiger partial charge in [0.2, 0.25) is 0 Å². The van der Waals surface area contributed by atoms with Crippen molar-refractivity contribution >= 4 is 38.4 Å². The van der Waals surface area contributed by atoms with Gasteiger partial charge in [0.25, 0.3) is 0 Å². The molecule has 0 fully saturated rings. The molecule has 0 unspecified atom stereocenters. The Hall–Kier alpha value is 1.48. The molecule has 0 radical (unpaired) electrons. The van der Waals surface area contributed by atoms with Crippen molar-refractivity contribution in [3.05, 3.63) is 0 Å². The van der Waals surface area contributed by atoms with Crippen molar-refractivity contribution in [2.24, 2.45) is 11.8 Å². The fourth-order valence-electron chi connectivity index (χ4n) is 3.89. The van der Waals surface area contributed by atoms with Gasteiger partial charge in [0.05, 0.1) is 0 Å². The molecule has 0 rings (SSSR count). The Balaban J connectivity index is 5.83. The van der Waals surface area contributed by atoms with Gasteiger partial charge in [0.1, 0.15) is 0 Å². The summed E-state index contributed by atoms with van der Waals surface area (Å²) >= 11 is -6.37. The van der Waals surface area contributed by atoms with Crippen LogP contribution < -0.4 is 0 Å². The van der Waals surface area contributed by atoms with Crippen molar-refractivity contribution in [2.75, 3.05) is 13.2 Å². The average Bonchev–Trinajstić information content (AvgIpc) is 2.72. The number of unbranched alkanes of at least 4 members (excludes halogenated alkanes) is 4. The summed E-state index contributed by atoms with van der Waals surface area (Å²) in [6.45, 7) is 20.3. The summed E-state index contributed by atoms with van der Waals surface area (Å²) in [4.78, 5) is 0. The zero-order chi connectivity index (χ0) is 23.6. The molecule has 0 aliphatic rings. The van der Waals surface area contributed by atoms with Crippen LogP contribution in [0, 0.1) is 11.8 Å². The minimum absolute atomic E-state index is 0.692. The Morgan fingerprint density at radius 2 is 0.806 bits per heavy atom. The molecule has 0 saturated carbocycles. The molecule has 0 saturated heterocycles. The summed E-state index contributed by atoms with van der Waals surface area (Å²) in [6.07, 6.45) is 12.3. The van der Waals surface area contributed by atoms with E-state index >= 15 is 0 Å². The van der Waals surface area contributed by atoms with Crippen LogP contribution in [0.2, 0.25) is 17.7 Å². The van der Waals surface area contributed by atoms with Gasteiger partial charge in [-0.05, 0) is 0 Å². The van der Waals surface area contributed by atoms with Gasteiger partial charge in [-0.3, -0.25) is 0 Å². The van der Waals surface area contributed by atoms with Gasteiger partial charge in [-0.1, -0.05) is 0 Å². The summed E-state index contributed by atoms with van der Waals surface area (Å²) in [5.41, 5.74) is 0. The quantitative estimate of drug-likeness (QED) is 0.109.